The van der Waals surface area contributed by atoms with Crippen molar-refractivity contribution in [2.45, 2.75) is 25.8 Å². The smallest absolute Gasteiger partial charge is 0.240 e. The van der Waals surface area contributed by atoms with Gasteiger partial charge in [0, 0.05) is 42.5 Å². The van der Waals surface area contributed by atoms with Crippen molar-refractivity contribution in [1.29, 1.82) is 0 Å². The summed E-state index contributed by atoms with van der Waals surface area (Å²) in [5.74, 6) is -0.0327. The average Bonchev–Trinajstić information content (AvgIpc) is 3.52. The van der Waals surface area contributed by atoms with Crippen molar-refractivity contribution in [2.75, 3.05) is 38.5 Å². The fourth-order valence-electron chi connectivity index (χ4n) is 3.95. The van der Waals surface area contributed by atoms with E-state index in [1.54, 1.807) is 29.4 Å². The zero-order chi connectivity index (χ0) is 24.8. The van der Waals surface area contributed by atoms with Gasteiger partial charge in [0.15, 0.2) is 11.6 Å². The van der Waals surface area contributed by atoms with Crippen LogP contribution in [0.25, 0.3) is 11.3 Å². The molecule has 3 heterocycles. The van der Waals surface area contributed by atoms with E-state index in [9.17, 15) is 9.18 Å². The average molecular weight is 521 g/mol. The number of nitrogens with zero attached hydrogens (tertiary/aromatic N) is 4. The number of likely N-dealkylation sites (tertiary alicyclic amines) is 1. The highest BCUT2D eigenvalue weighted by atomic mass is 35.5. The van der Waals surface area contributed by atoms with Gasteiger partial charge in [-0.1, -0.05) is 23.2 Å². The molecule has 2 aromatic heterocycles. The number of nitrogens with two attached hydrogens (primary N) is 1. The Hall–Kier alpha value is -2.88. The van der Waals surface area contributed by atoms with E-state index in [4.69, 9.17) is 33.7 Å². The molecule has 186 valence electrons. The summed E-state index contributed by atoms with van der Waals surface area (Å²) in [5, 5.41) is 3.30. The normalized spacial score (nSPS) is 13.8. The summed E-state index contributed by atoms with van der Waals surface area (Å²) in [6, 6.07) is 4.40. The van der Waals surface area contributed by atoms with Crippen molar-refractivity contribution < 1.29 is 13.9 Å². The maximum Gasteiger partial charge on any atom is 0.240 e. The first-order valence-electron chi connectivity index (χ1n) is 11.4. The fraction of sp³-hybridized carbons (Fsp3) is 0.375. The van der Waals surface area contributed by atoms with Crippen LogP contribution in [-0.2, 0) is 17.8 Å². The Labute approximate surface area is 213 Å². The number of pyridine rings is 1. The second-order valence-corrected chi connectivity index (χ2v) is 9.14. The third-order valence-electron chi connectivity index (χ3n) is 5.83. The van der Waals surface area contributed by atoms with Crippen LogP contribution < -0.4 is 15.8 Å². The van der Waals surface area contributed by atoms with Crippen LogP contribution in [0.5, 0.6) is 5.75 Å². The number of carbonyl (C=O) groups is 1. The van der Waals surface area contributed by atoms with E-state index in [2.05, 4.69) is 20.2 Å². The Kier molecular flexibility index (Phi) is 8.43. The van der Waals surface area contributed by atoms with Crippen LogP contribution in [0.3, 0.4) is 0 Å². The van der Waals surface area contributed by atoms with Gasteiger partial charge in [0.1, 0.15) is 12.4 Å². The molecule has 1 aliphatic rings. The Morgan fingerprint density at radius 3 is 2.83 bits per heavy atom. The second-order valence-electron chi connectivity index (χ2n) is 8.36. The number of rotatable bonds is 10. The molecular formula is C24H27Cl2FN6O2. The first-order valence-corrected chi connectivity index (χ1v) is 12.2. The Morgan fingerprint density at radius 2 is 2.03 bits per heavy atom. The molecule has 1 aromatic carbocycles. The van der Waals surface area contributed by atoms with Crippen molar-refractivity contribution in [3.05, 3.63) is 58.3 Å². The van der Waals surface area contributed by atoms with Gasteiger partial charge in [0.2, 0.25) is 5.91 Å². The summed E-state index contributed by atoms with van der Waals surface area (Å²) >= 11 is 12.2. The number of hydrogen-bond acceptors (Lipinski definition) is 6. The number of anilines is 1. The SMILES string of the molecule is Nc1ncc(-c2cn(CC(=O)NCCN3CCCC3)cn2)cc1OCCc1c(Cl)ccc(F)c1Cl. The maximum atomic E-state index is 13.7. The monoisotopic (exact) mass is 520 g/mol. The third-order valence-corrected chi connectivity index (χ3v) is 6.60. The standard InChI is InChI=1S/C24H27Cl2FN6O2/c25-18-3-4-19(27)23(26)17(18)5-10-35-21-11-16(12-30-24(21)28)20-13-33(15-31-20)14-22(34)29-6-9-32-7-1-2-8-32/h3-4,11-13,15H,1-2,5-10,14H2,(H2,28,30)(H,29,34). The first-order chi connectivity index (χ1) is 16.9. The Bertz CT molecular complexity index is 1180. The molecule has 1 aliphatic heterocycles. The largest absolute Gasteiger partial charge is 0.489 e. The fourth-order valence-corrected chi connectivity index (χ4v) is 4.51. The summed E-state index contributed by atoms with van der Waals surface area (Å²) in [4.78, 5) is 23.2. The van der Waals surface area contributed by atoms with Crippen molar-refractivity contribution in [1.82, 2.24) is 24.8 Å². The topological polar surface area (TPSA) is 98.3 Å². The second kappa shape index (κ2) is 11.7. The van der Waals surface area contributed by atoms with Gasteiger partial charge in [-0.05, 0) is 49.7 Å². The lowest BCUT2D eigenvalue weighted by atomic mass is 10.1. The molecule has 0 unspecified atom stereocenters. The molecule has 0 saturated carbocycles. The Morgan fingerprint density at radius 1 is 1.23 bits per heavy atom. The first kappa shape index (κ1) is 25.2. The molecule has 1 amide bonds. The number of amides is 1. The van der Waals surface area contributed by atoms with Crippen LogP contribution in [0.4, 0.5) is 10.2 Å². The van der Waals surface area contributed by atoms with Gasteiger partial charge in [0.05, 0.1) is 23.7 Å². The number of aromatic nitrogens is 3. The van der Waals surface area contributed by atoms with Gasteiger partial charge in [-0.3, -0.25) is 4.79 Å². The molecule has 0 spiro atoms. The van der Waals surface area contributed by atoms with Crippen LogP contribution in [0.1, 0.15) is 18.4 Å². The summed E-state index contributed by atoms with van der Waals surface area (Å²) in [6.07, 6.45) is 7.71. The number of nitrogens with one attached hydrogen (secondary N) is 1. The van der Waals surface area contributed by atoms with Gasteiger partial charge in [-0.2, -0.15) is 0 Å². The molecule has 0 atom stereocenters. The number of halogens is 3. The van der Waals surface area contributed by atoms with Gasteiger partial charge in [-0.15, -0.1) is 0 Å². The molecule has 8 nitrogen and oxygen atoms in total. The lowest BCUT2D eigenvalue weighted by Gasteiger charge is -2.14. The number of hydrogen-bond donors (Lipinski definition) is 2. The van der Waals surface area contributed by atoms with Gasteiger partial charge in [-0.25, -0.2) is 14.4 Å². The van der Waals surface area contributed by atoms with E-state index in [1.807, 2.05) is 0 Å². The Balaban J connectivity index is 1.33. The van der Waals surface area contributed by atoms with Crippen LogP contribution in [0.2, 0.25) is 10.0 Å². The molecule has 35 heavy (non-hydrogen) atoms. The van der Waals surface area contributed by atoms with E-state index < -0.39 is 5.82 Å². The van der Waals surface area contributed by atoms with E-state index in [-0.39, 0.29) is 29.9 Å². The van der Waals surface area contributed by atoms with Crippen LogP contribution >= 0.6 is 23.2 Å². The van der Waals surface area contributed by atoms with E-state index in [0.29, 0.717) is 40.6 Å². The van der Waals surface area contributed by atoms with Gasteiger partial charge < -0.3 is 25.3 Å². The van der Waals surface area contributed by atoms with Crippen molar-refractivity contribution >= 4 is 34.9 Å². The number of nitrogen functional groups attached to an aromatic ring is 1. The minimum atomic E-state index is -0.537. The molecule has 4 rings (SSSR count). The highest BCUT2D eigenvalue weighted by Crippen LogP contribution is 2.29. The van der Waals surface area contributed by atoms with E-state index in [1.165, 1.54) is 25.0 Å². The van der Waals surface area contributed by atoms with Crippen LogP contribution in [0, 0.1) is 5.82 Å². The van der Waals surface area contributed by atoms with Crippen molar-refractivity contribution in [2.24, 2.45) is 0 Å². The molecule has 0 aliphatic carbocycles. The zero-order valence-electron chi connectivity index (χ0n) is 19.1. The van der Waals surface area contributed by atoms with Gasteiger partial charge >= 0.3 is 0 Å². The van der Waals surface area contributed by atoms with Crippen LogP contribution in [-0.4, -0.2) is 58.1 Å². The van der Waals surface area contributed by atoms with E-state index >= 15 is 0 Å². The highest BCUT2D eigenvalue weighted by Gasteiger charge is 2.14. The zero-order valence-corrected chi connectivity index (χ0v) is 20.7. The molecule has 1 fully saturated rings. The number of ether oxygens (including phenoxy) is 1. The molecule has 0 radical (unpaired) electrons. The summed E-state index contributed by atoms with van der Waals surface area (Å²) in [5.41, 5.74) is 7.74. The number of carbonyl (C=O) groups excluding carboxylic acids is 1. The lowest BCUT2D eigenvalue weighted by molar-refractivity contribution is -0.121. The molecule has 1 saturated heterocycles. The van der Waals surface area contributed by atoms with Crippen molar-refractivity contribution in [3.63, 3.8) is 0 Å². The summed E-state index contributed by atoms with van der Waals surface area (Å²) < 4.78 is 21.2. The molecule has 3 N–H and O–H groups in total. The third kappa shape index (κ3) is 6.62. The quantitative estimate of drug-likeness (QED) is 0.394. The van der Waals surface area contributed by atoms with Crippen molar-refractivity contribution in [3.8, 4) is 17.0 Å². The highest BCUT2D eigenvalue weighted by molar-refractivity contribution is 6.36. The lowest BCUT2D eigenvalue weighted by Crippen LogP contribution is -2.35. The van der Waals surface area contributed by atoms with Crippen LogP contribution in [0.15, 0.2) is 36.9 Å². The molecule has 3 aromatic rings. The van der Waals surface area contributed by atoms with E-state index in [0.717, 1.165) is 19.6 Å². The maximum absolute atomic E-state index is 13.7. The number of imidazole rings is 1. The number of benzene rings is 1. The summed E-state index contributed by atoms with van der Waals surface area (Å²) in [7, 11) is 0. The minimum absolute atomic E-state index is 0.0217. The molecule has 0 bridgehead atoms. The molecule has 11 heteroatoms. The predicted molar refractivity (Wildman–Crippen MR) is 134 cm³/mol. The summed E-state index contributed by atoms with van der Waals surface area (Å²) in [6.45, 7) is 4.06. The van der Waals surface area contributed by atoms with Gasteiger partial charge in [0.25, 0.3) is 0 Å². The minimum Gasteiger partial charge on any atom is -0.489 e. The predicted octanol–water partition coefficient (Wildman–Crippen LogP) is 3.81. The molecular weight excluding hydrogens is 494 g/mol.